The number of benzene rings is 2. The van der Waals surface area contributed by atoms with Crippen LogP contribution in [0.5, 0.6) is 5.75 Å². The molecule has 20 heavy (non-hydrogen) atoms. The van der Waals surface area contributed by atoms with Crippen molar-refractivity contribution < 1.29 is 9.50 Å². The number of rotatable bonds is 2. The lowest BCUT2D eigenvalue weighted by molar-refractivity contribution is 0.476. The van der Waals surface area contributed by atoms with Crippen molar-refractivity contribution >= 4 is 10.9 Å². The van der Waals surface area contributed by atoms with Crippen LogP contribution in [0.4, 0.5) is 4.39 Å². The molecule has 1 N–H and O–H groups in total. The third kappa shape index (κ3) is 2.35. The highest BCUT2D eigenvalue weighted by atomic mass is 19.1. The molecule has 0 atom stereocenters. The predicted molar refractivity (Wildman–Crippen MR) is 77.4 cm³/mol. The van der Waals surface area contributed by atoms with Crippen molar-refractivity contribution in [2.75, 3.05) is 0 Å². The van der Waals surface area contributed by atoms with Gasteiger partial charge in [0.25, 0.3) is 0 Å². The first-order valence-corrected chi connectivity index (χ1v) is 6.45. The standard InChI is InChI=1S/C17H14FNO/c1-11-2-5-14-9-13(10-19-16(14)17(11)20)8-12-3-6-15(18)7-4-12/h2-7,9-10,20H,8H2,1H3. The van der Waals surface area contributed by atoms with Crippen LogP contribution in [0.3, 0.4) is 0 Å². The van der Waals surface area contributed by atoms with E-state index in [2.05, 4.69) is 4.98 Å². The van der Waals surface area contributed by atoms with Crippen LogP contribution in [0.1, 0.15) is 16.7 Å². The van der Waals surface area contributed by atoms with Gasteiger partial charge in [0.1, 0.15) is 17.1 Å². The second kappa shape index (κ2) is 4.93. The first kappa shape index (κ1) is 12.6. The molecule has 100 valence electrons. The summed E-state index contributed by atoms with van der Waals surface area (Å²) in [7, 11) is 0. The molecule has 3 aromatic rings. The fraction of sp³-hybridized carbons (Fsp3) is 0.118. The number of nitrogens with zero attached hydrogens (tertiary/aromatic N) is 1. The lowest BCUT2D eigenvalue weighted by atomic mass is 10.0. The first-order valence-electron chi connectivity index (χ1n) is 6.45. The molecule has 0 aliphatic heterocycles. The average Bonchev–Trinajstić information content (AvgIpc) is 2.46. The van der Waals surface area contributed by atoms with Gasteiger partial charge in [0.15, 0.2) is 0 Å². The Hall–Kier alpha value is -2.42. The minimum atomic E-state index is -0.231. The normalized spacial score (nSPS) is 10.9. The number of hydrogen-bond donors (Lipinski definition) is 1. The van der Waals surface area contributed by atoms with Crippen LogP contribution in [-0.4, -0.2) is 10.1 Å². The number of hydrogen-bond acceptors (Lipinski definition) is 2. The summed E-state index contributed by atoms with van der Waals surface area (Å²) in [5.74, 6) is 0.00150. The van der Waals surface area contributed by atoms with Crippen molar-refractivity contribution in [2.24, 2.45) is 0 Å². The summed E-state index contributed by atoms with van der Waals surface area (Å²) >= 11 is 0. The average molecular weight is 267 g/mol. The molecule has 1 aromatic heterocycles. The van der Waals surface area contributed by atoms with Gasteiger partial charge in [-0.3, -0.25) is 4.98 Å². The van der Waals surface area contributed by atoms with E-state index in [0.717, 1.165) is 22.1 Å². The van der Waals surface area contributed by atoms with E-state index in [1.165, 1.54) is 12.1 Å². The van der Waals surface area contributed by atoms with Crippen LogP contribution in [0, 0.1) is 12.7 Å². The molecule has 0 bridgehead atoms. The molecule has 0 unspecified atom stereocenters. The highest BCUT2D eigenvalue weighted by Crippen LogP contribution is 2.27. The van der Waals surface area contributed by atoms with E-state index in [1.54, 1.807) is 18.3 Å². The summed E-state index contributed by atoms with van der Waals surface area (Å²) < 4.78 is 12.9. The number of aryl methyl sites for hydroxylation is 1. The van der Waals surface area contributed by atoms with Crippen molar-refractivity contribution in [3.63, 3.8) is 0 Å². The Morgan fingerprint density at radius 1 is 1.05 bits per heavy atom. The van der Waals surface area contributed by atoms with Crippen molar-refractivity contribution in [1.29, 1.82) is 0 Å². The smallest absolute Gasteiger partial charge is 0.144 e. The van der Waals surface area contributed by atoms with E-state index in [1.807, 2.05) is 25.1 Å². The van der Waals surface area contributed by atoms with E-state index >= 15 is 0 Å². The highest BCUT2D eigenvalue weighted by molar-refractivity contribution is 5.85. The van der Waals surface area contributed by atoms with Gasteiger partial charge in [0.2, 0.25) is 0 Å². The molecule has 1 heterocycles. The van der Waals surface area contributed by atoms with Gasteiger partial charge in [-0.25, -0.2) is 4.39 Å². The Morgan fingerprint density at radius 3 is 2.55 bits per heavy atom. The minimum absolute atomic E-state index is 0.231. The van der Waals surface area contributed by atoms with E-state index in [0.29, 0.717) is 11.9 Å². The summed E-state index contributed by atoms with van der Waals surface area (Å²) in [5, 5.41) is 10.9. The predicted octanol–water partition coefficient (Wildman–Crippen LogP) is 3.98. The quantitative estimate of drug-likeness (QED) is 0.762. The maximum Gasteiger partial charge on any atom is 0.144 e. The second-order valence-corrected chi connectivity index (χ2v) is 4.95. The number of phenols is 1. The van der Waals surface area contributed by atoms with Gasteiger partial charge < -0.3 is 5.11 Å². The molecular weight excluding hydrogens is 253 g/mol. The van der Waals surface area contributed by atoms with E-state index in [4.69, 9.17) is 0 Å². The van der Waals surface area contributed by atoms with E-state index in [-0.39, 0.29) is 11.6 Å². The molecule has 3 rings (SSSR count). The summed E-state index contributed by atoms with van der Waals surface area (Å²) in [6.07, 6.45) is 2.45. The van der Waals surface area contributed by atoms with E-state index < -0.39 is 0 Å². The fourth-order valence-corrected chi connectivity index (χ4v) is 2.27. The maximum absolute atomic E-state index is 12.9. The zero-order valence-corrected chi connectivity index (χ0v) is 11.1. The molecule has 0 fully saturated rings. The minimum Gasteiger partial charge on any atom is -0.505 e. The van der Waals surface area contributed by atoms with Gasteiger partial charge in [-0.1, -0.05) is 24.3 Å². The Balaban J connectivity index is 1.97. The van der Waals surface area contributed by atoms with Crippen molar-refractivity contribution in [1.82, 2.24) is 4.98 Å². The van der Waals surface area contributed by atoms with Crippen LogP contribution in [0.25, 0.3) is 10.9 Å². The fourth-order valence-electron chi connectivity index (χ4n) is 2.27. The van der Waals surface area contributed by atoms with Gasteiger partial charge in [-0.05, 0) is 48.2 Å². The molecule has 0 spiro atoms. The molecule has 3 heteroatoms. The number of aromatic nitrogens is 1. The van der Waals surface area contributed by atoms with Crippen LogP contribution in [0.2, 0.25) is 0 Å². The summed E-state index contributed by atoms with van der Waals surface area (Å²) in [4.78, 5) is 4.33. The Morgan fingerprint density at radius 2 is 1.80 bits per heavy atom. The number of pyridine rings is 1. The largest absolute Gasteiger partial charge is 0.505 e. The third-order valence-corrected chi connectivity index (χ3v) is 3.41. The number of halogens is 1. The highest BCUT2D eigenvalue weighted by Gasteiger charge is 2.06. The molecule has 2 nitrogen and oxygen atoms in total. The zero-order valence-electron chi connectivity index (χ0n) is 11.1. The first-order chi connectivity index (χ1) is 9.63. The van der Waals surface area contributed by atoms with Crippen LogP contribution < -0.4 is 0 Å². The van der Waals surface area contributed by atoms with E-state index in [9.17, 15) is 9.50 Å². The molecule has 0 amide bonds. The van der Waals surface area contributed by atoms with Gasteiger partial charge in [-0.15, -0.1) is 0 Å². The topological polar surface area (TPSA) is 33.1 Å². The van der Waals surface area contributed by atoms with Crippen molar-refractivity contribution in [2.45, 2.75) is 13.3 Å². The second-order valence-electron chi connectivity index (χ2n) is 4.95. The number of phenolic OH excluding ortho intramolecular Hbond substituents is 1. The summed E-state index contributed by atoms with van der Waals surface area (Å²) in [6, 6.07) is 12.3. The van der Waals surface area contributed by atoms with Gasteiger partial charge >= 0.3 is 0 Å². The maximum atomic E-state index is 12.9. The SMILES string of the molecule is Cc1ccc2cc(Cc3ccc(F)cc3)cnc2c1O. The third-order valence-electron chi connectivity index (χ3n) is 3.41. The number of aromatic hydroxyl groups is 1. The van der Waals surface area contributed by atoms with Crippen LogP contribution in [0.15, 0.2) is 48.7 Å². The Kier molecular flexibility index (Phi) is 3.11. The lowest BCUT2D eigenvalue weighted by Crippen LogP contribution is -1.91. The molecule has 2 aromatic carbocycles. The monoisotopic (exact) mass is 267 g/mol. The summed E-state index contributed by atoms with van der Waals surface area (Å²) in [5.41, 5.74) is 3.50. The molecule has 0 saturated heterocycles. The van der Waals surface area contributed by atoms with Crippen LogP contribution in [-0.2, 0) is 6.42 Å². The summed E-state index contributed by atoms with van der Waals surface area (Å²) in [6.45, 7) is 1.85. The molecular formula is C17H14FNO. The van der Waals surface area contributed by atoms with Crippen LogP contribution >= 0.6 is 0 Å². The van der Waals surface area contributed by atoms with Crippen molar-refractivity contribution in [3.8, 4) is 5.75 Å². The van der Waals surface area contributed by atoms with Gasteiger partial charge in [-0.2, -0.15) is 0 Å². The molecule has 0 saturated carbocycles. The number of fused-ring (bicyclic) bond motifs is 1. The lowest BCUT2D eigenvalue weighted by Gasteiger charge is -2.06. The van der Waals surface area contributed by atoms with Crippen molar-refractivity contribution in [3.05, 3.63) is 71.2 Å². The molecule has 0 aliphatic carbocycles. The Bertz CT molecular complexity index is 766. The zero-order chi connectivity index (χ0) is 14.1. The Labute approximate surface area is 116 Å². The van der Waals surface area contributed by atoms with Gasteiger partial charge in [0.05, 0.1) is 0 Å². The molecule has 0 radical (unpaired) electrons. The molecule has 0 aliphatic rings. The van der Waals surface area contributed by atoms with Gasteiger partial charge in [0, 0.05) is 11.6 Å².